The Hall–Kier alpha value is -4.46. The van der Waals surface area contributed by atoms with Gasteiger partial charge in [-0.05, 0) is 31.2 Å². The number of hydrogen-bond acceptors (Lipinski definition) is 5. The number of rotatable bonds is 5. The highest BCUT2D eigenvalue weighted by Crippen LogP contribution is 2.30. The number of aromatic nitrogens is 1. The molecular formula is C23H18N4O4. The number of nitro groups is 1. The second kappa shape index (κ2) is 7.75. The summed E-state index contributed by atoms with van der Waals surface area (Å²) < 4.78 is 1.53. The lowest BCUT2D eigenvalue weighted by Gasteiger charge is -2.06. The molecule has 8 heteroatoms. The van der Waals surface area contributed by atoms with Crippen LogP contribution in [0.3, 0.4) is 0 Å². The summed E-state index contributed by atoms with van der Waals surface area (Å²) in [4.78, 5) is 36.8. The van der Waals surface area contributed by atoms with Crippen molar-refractivity contribution in [2.45, 2.75) is 6.92 Å². The number of carbonyl (C=O) groups excluding carboxylic acids is 2. The van der Waals surface area contributed by atoms with Crippen LogP contribution >= 0.6 is 0 Å². The molecule has 2 aromatic heterocycles. The van der Waals surface area contributed by atoms with Crippen LogP contribution < -0.4 is 11.1 Å². The van der Waals surface area contributed by atoms with Gasteiger partial charge in [-0.25, -0.2) is 0 Å². The summed E-state index contributed by atoms with van der Waals surface area (Å²) in [5, 5.41) is 13.9. The zero-order valence-corrected chi connectivity index (χ0v) is 16.5. The Morgan fingerprint density at radius 1 is 1.03 bits per heavy atom. The molecule has 154 valence electrons. The number of carbonyl (C=O) groups is 2. The number of anilines is 2. The first-order chi connectivity index (χ1) is 14.9. The molecule has 2 aromatic carbocycles. The third-order valence-corrected chi connectivity index (χ3v) is 4.95. The fourth-order valence-electron chi connectivity index (χ4n) is 3.43. The van der Waals surface area contributed by atoms with Gasteiger partial charge in [0.2, 0.25) is 5.78 Å². The van der Waals surface area contributed by atoms with Crippen molar-refractivity contribution in [1.82, 2.24) is 4.40 Å². The molecule has 2 heterocycles. The average molecular weight is 414 g/mol. The van der Waals surface area contributed by atoms with E-state index < -0.39 is 16.6 Å². The van der Waals surface area contributed by atoms with Crippen molar-refractivity contribution >= 4 is 34.3 Å². The van der Waals surface area contributed by atoms with Crippen molar-refractivity contribution in [3.63, 3.8) is 0 Å². The predicted octanol–water partition coefficient (Wildman–Crippen LogP) is 4.22. The van der Waals surface area contributed by atoms with Crippen LogP contribution in [0.2, 0.25) is 0 Å². The van der Waals surface area contributed by atoms with Gasteiger partial charge in [0.05, 0.1) is 21.7 Å². The van der Waals surface area contributed by atoms with E-state index in [2.05, 4.69) is 5.32 Å². The highest BCUT2D eigenvalue weighted by atomic mass is 16.6. The van der Waals surface area contributed by atoms with Gasteiger partial charge in [0.25, 0.3) is 11.6 Å². The lowest BCUT2D eigenvalue weighted by atomic mass is 10.1. The van der Waals surface area contributed by atoms with Crippen LogP contribution in [0.5, 0.6) is 0 Å². The van der Waals surface area contributed by atoms with Gasteiger partial charge in [-0.3, -0.25) is 19.7 Å². The number of fused-ring (bicyclic) bond motifs is 1. The number of aryl methyl sites for hydroxylation is 1. The van der Waals surface area contributed by atoms with Crippen molar-refractivity contribution in [2.24, 2.45) is 0 Å². The minimum Gasteiger partial charge on any atom is -0.396 e. The number of amides is 1. The number of nitro benzene ring substituents is 1. The van der Waals surface area contributed by atoms with Crippen LogP contribution in [0, 0.1) is 17.0 Å². The van der Waals surface area contributed by atoms with Gasteiger partial charge >= 0.3 is 0 Å². The smallest absolute Gasteiger partial charge is 0.270 e. The van der Waals surface area contributed by atoms with Crippen molar-refractivity contribution in [2.75, 3.05) is 11.1 Å². The lowest BCUT2D eigenvalue weighted by molar-refractivity contribution is -0.384. The summed E-state index contributed by atoms with van der Waals surface area (Å²) in [6.45, 7) is 1.94. The highest BCUT2D eigenvalue weighted by Gasteiger charge is 2.26. The van der Waals surface area contributed by atoms with Gasteiger partial charge < -0.3 is 15.5 Å². The Bertz CT molecular complexity index is 1340. The molecule has 0 saturated heterocycles. The monoisotopic (exact) mass is 414 g/mol. The molecule has 0 radical (unpaired) electrons. The number of pyridine rings is 1. The second-order valence-electron chi connectivity index (χ2n) is 7.05. The number of nitrogen functional groups attached to an aromatic ring is 1. The summed E-state index contributed by atoms with van der Waals surface area (Å²) >= 11 is 0. The average Bonchev–Trinajstić information content (AvgIpc) is 3.06. The summed E-state index contributed by atoms with van der Waals surface area (Å²) in [7, 11) is 0. The fourth-order valence-corrected chi connectivity index (χ4v) is 3.43. The molecule has 4 rings (SSSR count). The molecule has 0 bridgehead atoms. The zero-order chi connectivity index (χ0) is 22.1. The lowest BCUT2D eigenvalue weighted by Crippen LogP contribution is -2.14. The van der Waals surface area contributed by atoms with Crippen molar-refractivity contribution in [1.29, 1.82) is 0 Å². The molecule has 8 nitrogen and oxygen atoms in total. The molecule has 0 saturated carbocycles. The summed E-state index contributed by atoms with van der Waals surface area (Å²) in [6, 6.07) is 17.8. The van der Waals surface area contributed by atoms with E-state index >= 15 is 0 Å². The third kappa shape index (κ3) is 3.62. The summed E-state index contributed by atoms with van der Waals surface area (Å²) in [5.74, 6) is -0.972. The van der Waals surface area contributed by atoms with Gasteiger partial charge in [-0.2, -0.15) is 0 Å². The molecule has 0 aliphatic heterocycles. The van der Waals surface area contributed by atoms with Crippen molar-refractivity contribution in [3.05, 3.63) is 105 Å². The molecule has 1 amide bonds. The molecule has 0 unspecified atom stereocenters. The van der Waals surface area contributed by atoms with E-state index in [1.165, 1.54) is 28.7 Å². The van der Waals surface area contributed by atoms with Crippen LogP contribution in [-0.2, 0) is 0 Å². The number of non-ortho nitro benzene ring substituents is 1. The van der Waals surface area contributed by atoms with Gasteiger partial charge in [-0.1, -0.05) is 35.9 Å². The standard InChI is InChI=1S/C23H18N4O4/c1-14-8-10-16(11-9-14)25-23(29)19-18-7-2-3-12-26(18)21(20(19)24)22(28)15-5-4-6-17(13-15)27(30)31/h2-13H,24H2,1H3,(H,25,29). The zero-order valence-electron chi connectivity index (χ0n) is 16.5. The predicted molar refractivity (Wildman–Crippen MR) is 117 cm³/mol. The Labute approximate surface area is 177 Å². The minimum atomic E-state index is -0.573. The molecule has 0 aliphatic carbocycles. The quantitative estimate of drug-likeness (QED) is 0.288. The third-order valence-electron chi connectivity index (χ3n) is 4.95. The molecule has 3 N–H and O–H groups in total. The number of hydrogen-bond donors (Lipinski definition) is 2. The molecular weight excluding hydrogens is 396 g/mol. The number of nitrogens with zero attached hydrogens (tertiary/aromatic N) is 2. The van der Waals surface area contributed by atoms with Crippen LogP contribution in [0.4, 0.5) is 17.1 Å². The normalized spacial score (nSPS) is 10.7. The van der Waals surface area contributed by atoms with E-state index in [1.807, 2.05) is 19.1 Å². The second-order valence-corrected chi connectivity index (χ2v) is 7.05. The maximum absolute atomic E-state index is 13.2. The molecule has 31 heavy (non-hydrogen) atoms. The number of nitrogens with one attached hydrogen (secondary N) is 1. The molecule has 4 aromatic rings. The molecule has 0 spiro atoms. The summed E-state index contributed by atoms with van der Waals surface area (Å²) in [6.07, 6.45) is 1.62. The molecule has 0 fully saturated rings. The van der Waals surface area contributed by atoms with E-state index in [0.717, 1.165) is 5.56 Å². The van der Waals surface area contributed by atoms with E-state index in [1.54, 1.807) is 36.5 Å². The number of ketones is 1. The van der Waals surface area contributed by atoms with Crippen LogP contribution in [0.15, 0.2) is 72.9 Å². The Kier molecular flexibility index (Phi) is 4.96. The first-order valence-electron chi connectivity index (χ1n) is 9.42. The van der Waals surface area contributed by atoms with Crippen molar-refractivity contribution in [3.8, 4) is 0 Å². The maximum Gasteiger partial charge on any atom is 0.270 e. The van der Waals surface area contributed by atoms with Gasteiger partial charge in [0.15, 0.2) is 0 Å². The fraction of sp³-hybridized carbons (Fsp3) is 0.0435. The first-order valence-corrected chi connectivity index (χ1v) is 9.42. The first kappa shape index (κ1) is 19.8. The van der Waals surface area contributed by atoms with Crippen molar-refractivity contribution < 1.29 is 14.5 Å². The van der Waals surface area contributed by atoms with E-state index in [4.69, 9.17) is 5.73 Å². The molecule has 0 atom stereocenters. The van der Waals surface area contributed by atoms with Gasteiger partial charge in [-0.15, -0.1) is 0 Å². The van der Waals surface area contributed by atoms with E-state index in [0.29, 0.717) is 11.2 Å². The number of benzene rings is 2. The number of nitrogens with two attached hydrogens (primary N) is 1. The Morgan fingerprint density at radius 2 is 1.77 bits per heavy atom. The van der Waals surface area contributed by atoms with Crippen LogP contribution in [0.25, 0.3) is 5.52 Å². The largest absolute Gasteiger partial charge is 0.396 e. The minimum absolute atomic E-state index is 0.00678. The van der Waals surface area contributed by atoms with Gasteiger partial charge in [0, 0.05) is 29.6 Å². The topological polar surface area (TPSA) is 120 Å². The van der Waals surface area contributed by atoms with Gasteiger partial charge in [0.1, 0.15) is 5.69 Å². The highest BCUT2D eigenvalue weighted by molar-refractivity contribution is 6.20. The Balaban J connectivity index is 1.81. The van der Waals surface area contributed by atoms with Crippen LogP contribution in [0.1, 0.15) is 32.0 Å². The van der Waals surface area contributed by atoms with E-state index in [-0.39, 0.29) is 28.2 Å². The molecule has 0 aliphatic rings. The SMILES string of the molecule is Cc1ccc(NC(=O)c2c(N)c(C(=O)c3cccc([N+](=O)[O-])c3)n3ccccc23)cc1. The maximum atomic E-state index is 13.2. The van der Waals surface area contributed by atoms with E-state index in [9.17, 15) is 19.7 Å². The van der Waals surface area contributed by atoms with Crippen LogP contribution in [-0.4, -0.2) is 21.0 Å². The Morgan fingerprint density at radius 3 is 2.48 bits per heavy atom. The summed E-state index contributed by atoms with van der Waals surface area (Å²) in [5.41, 5.74) is 8.54.